The van der Waals surface area contributed by atoms with Gasteiger partial charge in [-0.25, -0.2) is 0 Å². The summed E-state index contributed by atoms with van der Waals surface area (Å²) in [6.07, 6.45) is 0. The molecular weight excluding hydrogens is 194 g/mol. The fraction of sp³-hybridized carbons (Fsp3) is 0.300. The second-order valence-electron chi connectivity index (χ2n) is 3.40. The van der Waals surface area contributed by atoms with Crippen LogP contribution in [0.25, 0.3) is 10.6 Å². The summed E-state index contributed by atoms with van der Waals surface area (Å²) in [5.74, 6) is 0. The highest BCUT2D eigenvalue weighted by Crippen LogP contribution is 2.33. The lowest BCUT2D eigenvalue weighted by atomic mass is 10.2. The van der Waals surface area contributed by atoms with Gasteiger partial charge >= 0.3 is 0 Å². The molecule has 2 heterocycles. The Morgan fingerprint density at radius 1 is 1.43 bits per heavy atom. The molecule has 0 aromatic carbocycles. The lowest BCUT2D eigenvalue weighted by molar-refractivity contribution is 0.765. The average molecular weight is 207 g/mol. The van der Waals surface area contributed by atoms with Crippen LogP contribution in [0.3, 0.4) is 0 Å². The van der Waals surface area contributed by atoms with Crippen LogP contribution in [0.2, 0.25) is 0 Å². The fourth-order valence-corrected chi connectivity index (χ4v) is 2.58. The Morgan fingerprint density at radius 3 is 2.57 bits per heavy atom. The Bertz CT molecular complexity index is 468. The molecule has 0 aliphatic rings. The van der Waals surface area contributed by atoms with E-state index in [2.05, 4.69) is 23.5 Å². The van der Waals surface area contributed by atoms with Crippen LogP contribution in [-0.4, -0.2) is 9.78 Å². The van der Waals surface area contributed by atoms with E-state index in [-0.39, 0.29) is 0 Å². The van der Waals surface area contributed by atoms with E-state index in [1.54, 1.807) is 11.3 Å². The monoisotopic (exact) mass is 207 g/mol. The molecule has 2 rings (SSSR count). The normalized spacial score (nSPS) is 10.8. The van der Waals surface area contributed by atoms with Crippen molar-refractivity contribution in [3.63, 3.8) is 0 Å². The minimum Gasteiger partial charge on any atom is -0.395 e. The van der Waals surface area contributed by atoms with Gasteiger partial charge in [0.15, 0.2) is 0 Å². The van der Waals surface area contributed by atoms with E-state index in [9.17, 15) is 0 Å². The highest BCUT2D eigenvalue weighted by atomic mass is 32.1. The van der Waals surface area contributed by atoms with Gasteiger partial charge in [0.05, 0.1) is 16.3 Å². The number of nitrogens with zero attached hydrogens (tertiary/aromatic N) is 2. The van der Waals surface area contributed by atoms with Crippen LogP contribution >= 0.6 is 11.3 Å². The van der Waals surface area contributed by atoms with E-state index in [4.69, 9.17) is 5.73 Å². The lowest BCUT2D eigenvalue weighted by Gasteiger charge is -2.01. The van der Waals surface area contributed by atoms with E-state index in [0.29, 0.717) is 0 Å². The zero-order chi connectivity index (χ0) is 10.3. The van der Waals surface area contributed by atoms with Crippen molar-refractivity contribution in [2.45, 2.75) is 13.8 Å². The molecule has 2 aromatic heterocycles. The first-order valence-electron chi connectivity index (χ1n) is 4.44. The Hall–Kier alpha value is -1.29. The first-order valence-corrected chi connectivity index (χ1v) is 5.32. The van der Waals surface area contributed by atoms with Crippen LogP contribution in [0.5, 0.6) is 0 Å². The minimum absolute atomic E-state index is 0.790. The van der Waals surface area contributed by atoms with E-state index >= 15 is 0 Å². The molecule has 0 spiro atoms. The van der Waals surface area contributed by atoms with Crippen molar-refractivity contribution in [3.05, 3.63) is 22.7 Å². The second-order valence-corrected chi connectivity index (χ2v) is 4.32. The maximum atomic E-state index is 5.99. The predicted octanol–water partition coefficient (Wildman–Crippen LogP) is 2.35. The van der Waals surface area contributed by atoms with E-state index in [0.717, 1.165) is 17.1 Å². The number of nitrogen functional groups attached to an aromatic ring is 1. The van der Waals surface area contributed by atoms with Gasteiger partial charge in [-0.05, 0) is 30.9 Å². The van der Waals surface area contributed by atoms with Crippen LogP contribution in [0, 0.1) is 13.8 Å². The van der Waals surface area contributed by atoms with Gasteiger partial charge in [-0.3, -0.25) is 4.68 Å². The summed E-state index contributed by atoms with van der Waals surface area (Å²) in [5.41, 5.74) is 9.97. The number of thiophene rings is 1. The Balaban J connectivity index is 2.68. The zero-order valence-corrected chi connectivity index (χ0v) is 9.35. The Labute approximate surface area is 87.2 Å². The molecule has 0 bridgehead atoms. The van der Waals surface area contributed by atoms with Crippen molar-refractivity contribution in [3.8, 4) is 10.6 Å². The largest absolute Gasteiger partial charge is 0.395 e. The topological polar surface area (TPSA) is 43.8 Å². The van der Waals surface area contributed by atoms with Gasteiger partial charge in [0.2, 0.25) is 0 Å². The second kappa shape index (κ2) is 3.13. The average Bonchev–Trinajstić information content (AvgIpc) is 2.60. The van der Waals surface area contributed by atoms with Crippen LogP contribution in [0.1, 0.15) is 11.3 Å². The molecular formula is C10H13N3S. The third-order valence-electron chi connectivity index (χ3n) is 2.35. The van der Waals surface area contributed by atoms with Crippen molar-refractivity contribution < 1.29 is 0 Å². The summed E-state index contributed by atoms with van der Waals surface area (Å²) in [6, 6.07) is 2.10. The molecule has 0 aliphatic heterocycles. The number of nitrogens with two attached hydrogens (primary N) is 1. The number of rotatable bonds is 1. The number of hydrogen-bond donors (Lipinski definition) is 1. The molecule has 14 heavy (non-hydrogen) atoms. The molecule has 0 atom stereocenters. The highest BCUT2D eigenvalue weighted by molar-refractivity contribution is 7.13. The summed E-state index contributed by atoms with van der Waals surface area (Å²) >= 11 is 1.70. The standard InChI is InChI=1S/C10H13N3S/c1-6-4-5-14-10(6)9-8(11)7(2)12-13(9)3/h4-5H,11H2,1-3H3. The maximum absolute atomic E-state index is 5.99. The van der Waals surface area contributed by atoms with Crippen LogP contribution in [-0.2, 0) is 7.05 Å². The Morgan fingerprint density at radius 2 is 2.14 bits per heavy atom. The molecule has 0 fully saturated rings. The molecule has 0 radical (unpaired) electrons. The zero-order valence-electron chi connectivity index (χ0n) is 8.53. The minimum atomic E-state index is 0.790. The summed E-state index contributed by atoms with van der Waals surface area (Å²) in [6.45, 7) is 4.02. The summed E-state index contributed by atoms with van der Waals surface area (Å²) in [4.78, 5) is 1.21. The predicted molar refractivity (Wildman–Crippen MR) is 60.4 cm³/mol. The van der Waals surface area contributed by atoms with Crippen LogP contribution in [0.15, 0.2) is 11.4 Å². The van der Waals surface area contributed by atoms with Gasteiger partial charge in [-0.2, -0.15) is 5.10 Å². The van der Waals surface area contributed by atoms with Gasteiger partial charge in [0.25, 0.3) is 0 Å². The van der Waals surface area contributed by atoms with Crippen LogP contribution < -0.4 is 5.73 Å². The molecule has 0 unspecified atom stereocenters. The SMILES string of the molecule is Cc1ccsc1-c1c(N)c(C)nn1C. The molecule has 4 heteroatoms. The molecule has 2 aromatic rings. The summed E-state index contributed by atoms with van der Waals surface area (Å²) in [7, 11) is 1.93. The van der Waals surface area contributed by atoms with Crippen molar-refractivity contribution in [2.24, 2.45) is 7.05 Å². The molecule has 0 aliphatic carbocycles. The molecule has 74 valence electrons. The number of aromatic nitrogens is 2. The molecule has 0 saturated carbocycles. The molecule has 0 amide bonds. The van der Waals surface area contributed by atoms with Gasteiger partial charge in [-0.1, -0.05) is 0 Å². The first-order chi connectivity index (χ1) is 6.61. The van der Waals surface area contributed by atoms with Crippen molar-refractivity contribution in [1.82, 2.24) is 9.78 Å². The van der Waals surface area contributed by atoms with Crippen molar-refractivity contribution in [1.29, 1.82) is 0 Å². The fourth-order valence-electron chi connectivity index (χ4n) is 1.56. The number of anilines is 1. The highest BCUT2D eigenvalue weighted by Gasteiger charge is 2.14. The quantitative estimate of drug-likeness (QED) is 0.780. The summed E-state index contributed by atoms with van der Waals surface area (Å²) in [5, 5.41) is 6.38. The van der Waals surface area contributed by atoms with Crippen molar-refractivity contribution in [2.75, 3.05) is 5.73 Å². The Kier molecular flexibility index (Phi) is 2.07. The number of aryl methyl sites for hydroxylation is 3. The molecule has 2 N–H and O–H groups in total. The maximum Gasteiger partial charge on any atom is 0.101 e. The van der Waals surface area contributed by atoms with Gasteiger partial charge in [-0.15, -0.1) is 11.3 Å². The first kappa shape index (κ1) is 9.27. The number of hydrogen-bond acceptors (Lipinski definition) is 3. The van der Waals surface area contributed by atoms with Crippen LogP contribution in [0.4, 0.5) is 5.69 Å². The van der Waals surface area contributed by atoms with Gasteiger partial charge in [0, 0.05) is 7.05 Å². The van der Waals surface area contributed by atoms with E-state index < -0.39 is 0 Å². The van der Waals surface area contributed by atoms with Gasteiger partial charge in [0.1, 0.15) is 5.69 Å². The van der Waals surface area contributed by atoms with E-state index in [1.807, 2.05) is 18.7 Å². The molecule has 3 nitrogen and oxygen atoms in total. The van der Waals surface area contributed by atoms with Crippen molar-refractivity contribution >= 4 is 17.0 Å². The summed E-state index contributed by atoms with van der Waals surface area (Å²) < 4.78 is 1.85. The van der Waals surface area contributed by atoms with Gasteiger partial charge < -0.3 is 5.73 Å². The van der Waals surface area contributed by atoms with E-state index in [1.165, 1.54) is 10.4 Å². The smallest absolute Gasteiger partial charge is 0.101 e. The third-order valence-corrected chi connectivity index (χ3v) is 3.37. The lowest BCUT2D eigenvalue weighted by Crippen LogP contribution is -1.95. The molecule has 0 saturated heterocycles. The third kappa shape index (κ3) is 1.23.